The lowest BCUT2D eigenvalue weighted by Gasteiger charge is -2.14. The molecule has 0 atom stereocenters. The minimum Gasteiger partial charge on any atom is -0.437 e. The molecule has 1 aliphatic rings. The fraction of sp³-hybridized carbons (Fsp3) is 0.333. The number of para-hydroxylation sites is 1. The molecule has 3 aromatic rings. The second kappa shape index (κ2) is 10.1. The number of nitro benzene ring substituents is 1. The monoisotopic (exact) mass is 513 g/mol. The molecule has 1 aliphatic carbocycles. The molecule has 1 saturated carbocycles. The number of sulfonamides is 1. The number of rotatable bonds is 10. The Morgan fingerprint density at radius 3 is 2.53 bits per heavy atom. The summed E-state index contributed by atoms with van der Waals surface area (Å²) in [6.45, 7) is 6.03. The summed E-state index contributed by atoms with van der Waals surface area (Å²) in [5, 5.41) is 18.6. The molecule has 190 valence electrons. The first kappa shape index (κ1) is 25.3. The molecule has 1 fully saturated rings. The van der Waals surface area contributed by atoms with Crippen LogP contribution in [0, 0.1) is 23.0 Å². The van der Waals surface area contributed by atoms with Gasteiger partial charge in [-0.3, -0.25) is 14.9 Å². The van der Waals surface area contributed by atoms with Crippen molar-refractivity contribution in [3.63, 3.8) is 0 Å². The summed E-state index contributed by atoms with van der Waals surface area (Å²) in [5.41, 5.74) is 0.704. The summed E-state index contributed by atoms with van der Waals surface area (Å²) >= 11 is 0. The molecular formula is C24H27N5O6S. The Labute approximate surface area is 208 Å². The Balaban J connectivity index is 1.81. The maximum Gasteiger partial charge on any atom is 0.272 e. The molecule has 0 spiro atoms. The first-order chi connectivity index (χ1) is 17.1. The normalized spacial score (nSPS) is 13.6. The number of amides is 1. The van der Waals surface area contributed by atoms with Gasteiger partial charge in [0.05, 0.1) is 10.6 Å². The van der Waals surface area contributed by atoms with E-state index in [1.165, 1.54) is 16.8 Å². The molecule has 1 aromatic heterocycles. The van der Waals surface area contributed by atoms with Gasteiger partial charge in [0.1, 0.15) is 10.6 Å². The van der Waals surface area contributed by atoms with Gasteiger partial charge in [-0.1, -0.05) is 32.0 Å². The van der Waals surface area contributed by atoms with Crippen molar-refractivity contribution in [1.82, 2.24) is 19.8 Å². The lowest BCUT2D eigenvalue weighted by Crippen LogP contribution is -2.28. The molecule has 11 nitrogen and oxygen atoms in total. The summed E-state index contributed by atoms with van der Waals surface area (Å²) in [4.78, 5) is 23.2. The average Bonchev–Trinajstić information content (AvgIpc) is 3.59. The Morgan fingerprint density at radius 2 is 1.92 bits per heavy atom. The number of non-ortho nitro benzene ring substituents is 1. The van der Waals surface area contributed by atoms with Crippen LogP contribution >= 0.6 is 0 Å². The number of hydrogen-bond donors (Lipinski definition) is 2. The zero-order valence-electron chi connectivity index (χ0n) is 20.1. The highest BCUT2D eigenvalue weighted by Crippen LogP contribution is 2.36. The van der Waals surface area contributed by atoms with Gasteiger partial charge in [-0.05, 0) is 43.9 Å². The summed E-state index contributed by atoms with van der Waals surface area (Å²) < 4.78 is 36.2. The second-order valence-corrected chi connectivity index (χ2v) is 10.7. The molecule has 0 unspecified atom stereocenters. The second-order valence-electron chi connectivity index (χ2n) is 9.02. The van der Waals surface area contributed by atoms with Gasteiger partial charge in [0, 0.05) is 30.3 Å². The van der Waals surface area contributed by atoms with Gasteiger partial charge in [0.2, 0.25) is 15.9 Å². The van der Waals surface area contributed by atoms with Crippen molar-refractivity contribution in [1.29, 1.82) is 0 Å². The van der Waals surface area contributed by atoms with Crippen LogP contribution in [-0.2, 0) is 10.0 Å². The van der Waals surface area contributed by atoms with Crippen LogP contribution in [0.1, 0.15) is 42.7 Å². The van der Waals surface area contributed by atoms with Gasteiger partial charge in [0.15, 0.2) is 5.69 Å². The Morgan fingerprint density at radius 1 is 1.22 bits per heavy atom. The molecule has 0 radical (unpaired) electrons. The summed E-state index contributed by atoms with van der Waals surface area (Å²) in [5.74, 6) is -0.170. The Bertz CT molecular complexity index is 1400. The SMILES string of the molecule is Cc1c(C(=O)NCC(C)C)nn(-c2ccccc2)c1Oc1ccc([N+](=O)[O-])cc1S(=O)(=O)NC1CC1. The quantitative estimate of drug-likeness (QED) is 0.310. The highest BCUT2D eigenvalue weighted by molar-refractivity contribution is 7.89. The highest BCUT2D eigenvalue weighted by atomic mass is 32.2. The van der Waals surface area contributed by atoms with Crippen molar-refractivity contribution >= 4 is 21.6 Å². The molecule has 1 amide bonds. The van der Waals surface area contributed by atoms with E-state index in [1.807, 2.05) is 19.9 Å². The van der Waals surface area contributed by atoms with Crippen LogP contribution in [0.5, 0.6) is 11.6 Å². The number of hydrogen-bond acceptors (Lipinski definition) is 7. The predicted octanol–water partition coefficient (Wildman–Crippen LogP) is 3.71. The van der Waals surface area contributed by atoms with Crippen LogP contribution in [-0.4, -0.2) is 41.6 Å². The van der Waals surface area contributed by atoms with E-state index >= 15 is 0 Å². The molecule has 0 saturated heterocycles. The standard InChI is InChI=1S/C24H27N5O6S/c1-15(2)14-25-23(30)22-16(3)24(28(26-22)18-7-5-4-6-8-18)35-20-12-11-19(29(31)32)13-21(20)36(33,34)27-17-9-10-17/h4-8,11-13,15,17,27H,9-10,14H2,1-3H3,(H,25,30). The van der Waals surface area contributed by atoms with Crippen LogP contribution in [0.4, 0.5) is 5.69 Å². The lowest BCUT2D eigenvalue weighted by atomic mass is 10.2. The van der Waals surface area contributed by atoms with Crippen LogP contribution in [0.3, 0.4) is 0 Å². The van der Waals surface area contributed by atoms with Crippen molar-refractivity contribution in [2.75, 3.05) is 6.54 Å². The maximum atomic E-state index is 13.1. The number of benzene rings is 2. The van der Waals surface area contributed by atoms with Gasteiger partial charge in [-0.15, -0.1) is 0 Å². The smallest absolute Gasteiger partial charge is 0.272 e. The van der Waals surface area contributed by atoms with E-state index in [0.29, 0.717) is 30.6 Å². The molecule has 0 aliphatic heterocycles. The third-order valence-electron chi connectivity index (χ3n) is 5.49. The van der Waals surface area contributed by atoms with E-state index in [9.17, 15) is 23.3 Å². The molecular weight excluding hydrogens is 486 g/mol. The van der Waals surface area contributed by atoms with E-state index in [0.717, 1.165) is 6.07 Å². The Kier molecular flexibility index (Phi) is 7.09. The Hall–Kier alpha value is -3.77. The van der Waals surface area contributed by atoms with Crippen molar-refractivity contribution in [2.45, 2.75) is 44.6 Å². The summed E-state index contributed by atoms with van der Waals surface area (Å²) in [6, 6.07) is 12.1. The molecule has 36 heavy (non-hydrogen) atoms. The predicted molar refractivity (Wildman–Crippen MR) is 132 cm³/mol. The van der Waals surface area contributed by atoms with Crippen molar-refractivity contribution in [2.24, 2.45) is 5.92 Å². The number of aromatic nitrogens is 2. The van der Waals surface area contributed by atoms with Crippen LogP contribution in [0.25, 0.3) is 5.69 Å². The van der Waals surface area contributed by atoms with Gasteiger partial charge in [-0.2, -0.15) is 9.78 Å². The van der Waals surface area contributed by atoms with Gasteiger partial charge >= 0.3 is 0 Å². The third kappa shape index (κ3) is 5.55. The summed E-state index contributed by atoms with van der Waals surface area (Å²) in [6.07, 6.45) is 1.39. The van der Waals surface area contributed by atoms with E-state index < -0.39 is 20.9 Å². The number of carbonyl (C=O) groups excluding carboxylic acids is 1. The number of ether oxygens (including phenoxy) is 1. The van der Waals surface area contributed by atoms with Crippen molar-refractivity contribution in [3.8, 4) is 17.3 Å². The van der Waals surface area contributed by atoms with Crippen LogP contribution < -0.4 is 14.8 Å². The molecule has 2 aromatic carbocycles. The summed E-state index contributed by atoms with van der Waals surface area (Å²) in [7, 11) is -4.11. The minimum atomic E-state index is -4.11. The number of nitrogens with zero attached hydrogens (tertiary/aromatic N) is 3. The number of nitrogens with one attached hydrogen (secondary N) is 2. The fourth-order valence-corrected chi connectivity index (χ4v) is 4.89. The number of carbonyl (C=O) groups is 1. The van der Waals surface area contributed by atoms with Gasteiger partial charge < -0.3 is 10.1 Å². The minimum absolute atomic E-state index is 0.118. The largest absolute Gasteiger partial charge is 0.437 e. The first-order valence-corrected chi connectivity index (χ1v) is 13.0. The fourth-order valence-electron chi connectivity index (χ4n) is 3.43. The van der Waals surface area contributed by atoms with Crippen molar-refractivity contribution in [3.05, 3.63) is 69.9 Å². The van der Waals surface area contributed by atoms with Gasteiger partial charge in [-0.25, -0.2) is 13.1 Å². The number of nitro groups is 1. The zero-order chi connectivity index (χ0) is 26.0. The zero-order valence-corrected chi connectivity index (χ0v) is 20.9. The lowest BCUT2D eigenvalue weighted by molar-refractivity contribution is -0.385. The van der Waals surface area contributed by atoms with Gasteiger partial charge in [0.25, 0.3) is 11.6 Å². The first-order valence-electron chi connectivity index (χ1n) is 11.5. The molecule has 1 heterocycles. The molecule has 0 bridgehead atoms. The van der Waals surface area contributed by atoms with Crippen LogP contribution in [0.2, 0.25) is 0 Å². The topological polar surface area (TPSA) is 145 Å². The highest BCUT2D eigenvalue weighted by Gasteiger charge is 2.32. The maximum absolute atomic E-state index is 13.1. The van der Waals surface area contributed by atoms with E-state index in [2.05, 4.69) is 15.1 Å². The van der Waals surface area contributed by atoms with E-state index in [1.54, 1.807) is 31.2 Å². The average molecular weight is 514 g/mol. The molecule has 12 heteroatoms. The molecule has 4 rings (SSSR count). The van der Waals surface area contributed by atoms with E-state index in [-0.39, 0.29) is 39.9 Å². The van der Waals surface area contributed by atoms with Crippen LogP contribution in [0.15, 0.2) is 53.4 Å². The molecule has 2 N–H and O–H groups in total. The third-order valence-corrected chi connectivity index (χ3v) is 7.03. The van der Waals surface area contributed by atoms with Crippen molar-refractivity contribution < 1.29 is 22.9 Å². The van der Waals surface area contributed by atoms with E-state index in [4.69, 9.17) is 4.74 Å².